The van der Waals surface area contributed by atoms with E-state index in [0.29, 0.717) is 17.0 Å². The molecule has 4 rings (SSSR count). The predicted molar refractivity (Wildman–Crippen MR) is 104 cm³/mol. The minimum atomic E-state index is -0.207. The second kappa shape index (κ2) is 7.37. The van der Waals surface area contributed by atoms with Crippen LogP contribution in [0.15, 0.2) is 60.9 Å². The third kappa shape index (κ3) is 3.84. The van der Waals surface area contributed by atoms with E-state index in [9.17, 15) is 4.79 Å². The summed E-state index contributed by atoms with van der Waals surface area (Å²) in [6.45, 7) is 2.33. The Kier molecular flexibility index (Phi) is 4.61. The normalized spacial score (nSPS) is 11.9. The maximum Gasteiger partial charge on any atom is 0.257 e. The lowest BCUT2D eigenvalue weighted by Gasteiger charge is -2.09. The van der Waals surface area contributed by atoms with E-state index in [2.05, 4.69) is 22.5 Å². The second-order valence-electron chi connectivity index (χ2n) is 6.16. The highest BCUT2D eigenvalue weighted by Gasteiger charge is 2.14. The van der Waals surface area contributed by atoms with Crippen LogP contribution in [0.4, 0.5) is 17.1 Å². The van der Waals surface area contributed by atoms with Gasteiger partial charge < -0.3 is 20.1 Å². The first-order chi connectivity index (χ1) is 13.2. The summed E-state index contributed by atoms with van der Waals surface area (Å²) in [5.74, 6) is 1.21. The highest BCUT2D eigenvalue weighted by atomic mass is 16.7. The number of aromatic nitrogens is 1. The number of amides is 1. The molecular formula is C21H19N3O3. The molecule has 1 aliphatic rings. The first-order valence-corrected chi connectivity index (χ1v) is 8.73. The number of aryl methyl sites for hydroxylation is 1. The van der Waals surface area contributed by atoms with E-state index in [1.54, 1.807) is 18.5 Å². The molecule has 136 valence electrons. The van der Waals surface area contributed by atoms with Gasteiger partial charge in [0.1, 0.15) is 0 Å². The Balaban J connectivity index is 1.47. The highest BCUT2D eigenvalue weighted by Crippen LogP contribution is 2.35. The zero-order valence-corrected chi connectivity index (χ0v) is 14.9. The molecular weight excluding hydrogens is 342 g/mol. The third-order valence-corrected chi connectivity index (χ3v) is 4.28. The lowest BCUT2D eigenvalue weighted by atomic mass is 10.1. The standard InChI is InChI=1S/C21H19N3O3/c1-2-14-3-5-16(6-4-14)24-21(25)15-9-18(12-22-11-15)23-17-7-8-19-20(10-17)27-13-26-19/h3-12,23H,2,13H2,1H3,(H,24,25). The molecule has 0 saturated carbocycles. The Hall–Kier alpha value is -3.54. The molecule has 2 heterocycles. The van der Waals surface area contributed by atoms with E-state index in [1.165, 1.54) is 5.56 Å². The molecule has 2 N–H and O–H groups in total. The Labute approximate surface area is 157 Å². The molecule has 0 radical (unpaired) electrons. The molecule has 6 nitrogen and oxygen atoms in total. The summed E-state index contributed by atoms with van der Waals surface area (Å²) >= 11 is 0. The van der Waals surface area contributed by atoms with Gasteiger partial charge in [-0.05, 0) is 42.3 Å². The van der Waals surface area contributed by atoms with Gasteiger partial charge in [0.25, 0.3) is 5.91 Å². The monoisotopic (exact) mass is 361 g/mol. The zero-order chi connectivity index (χ0) is 18.6. The molecule has 1 aliphatic heterocycles. The van der Waals surface area contributed by atoms with Gasteiger partial charge in [0.05, 0.1) is 17.4 Å². The topological polar surface area (TPSA) is 72.5 Å². The molecule has 6 heteroatoms. The number of nitrogens with one attached hydrogen (secondary N) is 2. The summed E-state index contributed by atoms with van der Waals surface area (Å²) in [6, 6.07) is 15.1. The Morgan fingerprint density at radius 2 is 1.74 bits per heavy atom. The van der Waals surface area contributed by atoms with Gasteiger partial charge in [0, 0.05) is 23.6 Å². The number of hydrogen-bond donors (Lipinski definition) is 2. The lowest BCUT2D eigenvalue weighted by Crippen LogP contribution is -2.12. The van der Waals surface area contributed by atoms with Crippen LogP contribution < -0.4 is 20.1 Å². The van der Waals surface area contributed by atoms with Crippen molar-refractivity contribution in [3.8, 4) is 11.5 Å². The Bertz CT molecular complexity index is 971. The van der Waals surface area contributed by atoms with Crippen LogP contribution >= 0.6 is 0 Å². The Morgan fingerprint density at radius 1 is 0.963 bits per heavy atom. The van der Waals surface area contributed by atoms with Crippen molar-refractivity contribution in [2.75, 3.05) is 17.4 Å². The molecule has 0 saturated heterocycles. The molecule has 0 fully saturated rings. The van der Waals surface area contributed by atoms with Crippen molar-refractivity contribution in [2.24, 2.45) is 0 Å². The summed E-state index contributed by atoms with van der Waals surface area (Å²) in [5.41, 5.74) is 3.99. The molecule has 0 bridgehead atoms. The molecule has 3 aromatic rings. The van der Waals surface area contributed by atoms with Gasteiger partial charge in [-0.3, -0.25) is 9.78 Å². The van der Waals surface area contributed by atoms with E-state index < -0.39 is 0 Å². The number of benzene rings is 2. The molecule has 0 aliphatic carbocycles. The summed E-state index contributed by atoms with van der Waals surface area (Å²) in [4.78, 5) is 16.7. The van der Waals surface area contributed by atoms with Crippen molar-refractivity contribution >= 4 is 23.0 Å². The molecule has 0 unspecified atom stereocenters. The van der Waals surface area contributed by atoms with Crippen molar-refractivity contribution in [1.82, 2.24) is 4.98 Å². The van der Waals surface area contributed by atoms with Crippen LogP contribution in [0, 0.1) is 0 Å². The van der Waals surface area contributed by atoms with Gasteiger partial charge in [0.15, 0.2) is 11.5 Å². The first kappa shape index (κ1) is 16.9. The van der Waals surface area contributed by atoms with Gasteiger partial charge in [-0.1, -0.05) is 19.1 Å². The Morgan fingerprint density at radius 3 is 2.56 bits per heavy atom. The number of anilines is 3. The largest absolute Gasteiger partial charge is 0.454 e. The maximum atomic E-state index is 12.5. The number of ether oxygens (including phenoxy) is 2. The number of carbonyl (C=O) groups is 1. The average molecular weight is 361 g/mol. The van der Waals surface area contributed by atoms with Crippen LogP contribution in [0.3, 0.4) is 0 Å². The third-order valence-electron chi connectivity index (χ3n) is 4.28. The van der Waals surface area contributed by atoms with E-state index in [4.69, 9.17) is 9.47 Å². The minimum absolute atomic E-state index is 0.207. The first-order valence-electron chi connectivity index (χ1n) is 8.73. The molecule has 0 spiro atoms. The van der Waals surface area contributed by atoms with Gasteiger partial charge in [-0.2, -0.15) is 0 Å². The number of rotatable bonds is 5. The van der Waals surface area contributed by atoms with Crippen molar-refractivity contribution in [2.45, 2.75) is 13.3 Å². The lowest BCUT2D eigenvalue weighted by molar-refractivity contribution is 0.102. The molecule has 27 heavy (non-hydrogen) atoms. The smallest absolute Gasteiger partial charge is 0.257 e. The number of fused-ring (bicyclic) bond motifs is 1. The number of pyridine rings is 1. The van der Waals surface area contributed by atoms with Crippen molar-refractivity contribution in [3.63, 3.8) is 0 Å². The van der Waals surface area contributed by atoms with E-state index >= 15 is 0 Å². The summed E-state index contributed by atoms with van der Waals surface area (Å²) in [5, 5.41) is 6.12. The number of nitrogens with zero attached hydrogens (tertiary/aromatic N) is 1. The SMILES string of the molecule is CCc1ccc(NC(=O)c2cncc(Nc3ccc4c(c3)OCO4)c2)cc1. The van der Waals surface area contributed by atoms with Crippen molar-refractivity contribution in [3.05, 3.63) is 72.1 Å². The van der Waals surface area contributed by atoms with E-state index in [-0.39, 0.29) is 12.7 Å². The van der Waals surface area contributed by atoms with Crippen LogP contribution in [-0.2, 0) is 6.42 Å². The van der Waals surface area contributed by atoms with Crippen LogP contribution in [0.2, 0.25) is 0 Å². The van der Waals surface area contributed by atoms with Gasteiger partial charge in [-0.25, -0.2) is 0 Å². The van der Waals surface area contributed by atoms with Gasteiger partial charge in [0.2, 0.25) is 6.79 Å². The summed E-state index contributed by atoms with van der Waals surface area (Å²) in [7, 11) is 0. The highest BCUT2D eigenvalue weighted by molar-refractivity contribution is 6.04. The van der Waals surface area contributed by atoms with Crippen molar-refractivity contribution in [1.29, 1.82) is 0 Å². The van der Waals surface area contributed by atoms with E-state index in [0.717, 1.165) is 23.5 Å². The number of carbonyl (C=O) groups excluding carboxylic acids is 1. The molecule has 0 atom stereocenters. The van der Waals surface area contributed by atoms with Crippen LogP contribution in [-0.4, -0.2) is 17.7 Å². The van der Waals surface area contributed by atoms with Gasteiger partial charge in [-0.15, -0.1) is 0 Å². The minimum Gasteiger partial charge on any atom is -0.454 e. The van der Waals surface area contributed by atoms with Gasteiger partial charge >= 0.3 is 0 Å². The molecule has 2 aromatic carbocycles. The van der Waals surface area contributed by atoms with E-state index in [1.807, 2.05) is 42.5 Å². The number of hydrogen-bond acceptors (Lipinski definition) is 5. The maximum absolute atomic E-state index is 12.5. The molecule has 1 aromatic heterocycles. The average Bonchev–Trinajstić information content (AvgIpc) is 3.16. The zero-order valence-electron chi connectivity index (χ0n) is 14.9. The fraction of sp³-hybridized carbons (Fsp3) is 0.143. The summed E-state index contributed by atoms with van der Waals surface area (Å²) in [6.07, 6.45) is 4.17. The quantitative estimate of drug-likeness (QED) is 0.706. The van der Waals surface area contributed by atoms with Crippen molar-refractivity contribution < 1.29 is 14.3 Å². The summed E-state index contributed by atoms with van der Waals surface area (Å²) < 4.78 is 10.7. The van der Waals surface area contributed by atoms with Crippen LogP contribution in [0.1, 0.15) is 22.8 Å². The fourth-order valence-electron chi connectivity index (χ4n) is 2.80. The second-order valence-corrected chi connectivity index (χ2v) is 6.16. The predicted octanol–water partition coefficient (Wildman–Crippen LogP) is 4.37. The van der Waals surface area contributed by atoms with Crippen LogP contribution in [0.25, 0.3) is 0 Å². The molecule has 1 amide bonds. The van der Waals surface area contributed by atoms with Crippen LogP contribution in [0.5, 0.6) is 11.5 Å². The fourth-order valence-corrected chi connectivity index (χ4v) is 2.80.